The Balaban J connectivity index is 1.96. The number of esters is 1. The van der Waals surface area contributed by atoms with E-state index in [1.165, 1.54) is 11.8 Å². The summed E-state index contributed by atoms with van der Waals surface area (Å²) in [5, 5.41) is 0. The van der Waals surface area contributed by atoms with Gasteiger partial charge in [0.25, 0.3) is 0 Å². The third-order valence-corrected chi connectivity index (χ3v) is 4.27. The second-order valence-electron chi connectivity index (χ2n) is 5.26. The van der Waals surface area contributed by atoms with Gasteiger partial charge in [0, 0.05) is 17.9 Å². The summed E-state index contributed by atoms with van der Waals surface area (Å²) < 4.78 is 11.3. The first-order valence-electron chi connectivity index (χ1n) is 5.87. The van der Waals surface area contributed by atoms with E-state index in [4.69, 9.17) is 9.47 Å². The van der Waals surface area contributed by atoms with Crippen molar-refractivity contribution in [3.05, 3.63) is 0 Å². The molecular formula is C12H20O3S. The number of hydrogen-bond donors (Lipinski definition) is 0. The average Bonchev–Trinajstić information content (AvgIpc) is 2.26. The summed E-state index contributed by atoms with van der Waals surface area (Å²) in [7, 11) is 0. The van der Waals surface area contributed by atoms with Crippen molar-refractivity contribution in [1.29, 1.82) is 0 Å². The van der Waals surface area contributed by atoms with Crippen LogP contribution in [0, 0.1) is 11.3 Å². The highest BCUT2D eigenvalue weighted by Gasteiger charge is 2.60. The minimum Gasteiger partial charge on any atom is -0.461 e. The van der Waals surface area contributed by atoms with Crippen LogP contribution < -0.4 is 0 Å². The quantitative estimate of drug-likeness (QED) is 0.712. The molecular weight excluding hydrogens is 224 g/mol. The summed E-state index contributed by atoms with van der Waals surface area (Å²) in [6.07, 6.45) is 4.48. The third kappa shape index (κ3) is 1.97. The summed E-state index contributed by atoms with van der Waals surface area (Å²) in [6, 6.07) is 0. The molecule has 0 aromatic heterocycles. The van der Waals surface area contributed by atoms with E-state index in [0.717, 1.165) is 19.4 Å². The minimum absolute atomic E-state index is 0.0147. The second-order valence-corrected chi connectivity index (χ2v) is 6.13. The molecule has 0 aromatic carbocycles. The SMILES string of the molecule is CSCC(=O)O[C@@H]1[C@@H]2CCCO[C@H]2C1(C)C. The zero-order valence-electron chi connectivity index (χ0n) is 10.2. The molecule has 4 heteroatoms. The fourth-order valence-corrected chi connectivity index (χ4v) is 3.31. The van der Waals surface area contributed by atoms with Crippen molar-refractivity contribution < 1.29 is 14.3 Å². The number of thioether (sulfide) groups is 1. The molecule has 92 valence electrons. The minimum atomic E-state index is -0.0883. The van der Waals surface area contributed by atoms with Crippen LogP contribution in [0.25, 0.3) is 0 Å². The highest BCUT2D eigenvalue weighted by Crippen LogP contribution is 2.52. The van der Waals surface area contributed by atoms with Gasteiger partial charge >= 0.3 is 5.97 Å². The Hall–Kier alpha value is -0.220. The average molecular weight is 244 g/mol. The molecule has 1 aliphatic heterocycles. The molecule has 0 N–H and O–H groups in total. The van der Waals surface area contributed by atoms with Gasteiger partial charge in [-0.25, -0.2) is 0 Å². The normalized spacial score (nSPS) is 36.1. The molecule has 3 atom stereocenters. The summed E-state index contributed by atoms with van der Waals surface area (Å²) in [4.78, 5) is 11.5. The number of hydrogen-bond acceptors (Lipinski definition) is 4. The molecule has 2 aliphatic rings. The molecule has 1 heterocycles. The smallest absolute Gasteiger partial charge is 0.316 e. The number of carbonyl (C=O) groups is 1. The fraction of sp³-hybridized carbons (Fsp3) is 0.917. The Labute approximate surface area is 101 Å². The lowest BCUT2D eigenvalue weighted by molar-refractivity contribution is -0.253. The van der Waals surface area contributed by atoms with E-state index in [1.54, 1.807) is 0 Å². The van der Waals surface area contributed by atoms with Crippen molar-refractivity contribution in [2.75, 3.05) is 18.6 Å². The fourth-order valence-electron chi connectivity index (χ4n) is 3.01. The van der Waals surface area contributed by atoms with Gasteiger partial charge in [-0.15, -0.1) is 0 Å². The zero-order valence-corrected chi connectivity index (χ0v) is 11.0. The lowest BCUT2D eigenvalue weighted by Gasteiger charge is -2.58. The van der Waals surface area contributed by atoms with Gasteiger partial charge in [0.05, 0.1) is 11.9 Å². The maximum atomic E-state index is 11.5. The predicted octanol–water partition coefficient (Wildman–Crippen LogP) is 2.10. The lowest BCUT2D eigenvalue weighted by atomic mass is 9.57. The van der Waals surface area contributed by atoms with Gasteiger partial charge in [0.15, 0.2) is 0 Å². The Kier molecular flexibility index (Phi) is 3.50. The summed E-state index contributed by atoms with van der Waals surface area (Å²) in [5.41, 5.74) is -0.0147. The van der Waals surface area contributed by atoms with Crippen LogP contribution in [0.1, 0.15) is 26.7 Å². The molecule has 0 aromatic rings. The summed E-state index contributed by atoms with van der Waals surface area (Å²) in [6.45, 7) is 5.13. The maximum Gasteiger partial charge on any atom is 0.316 e. The van der Waals surface area contributed by atoms with Gasteiger partial charge in [-0.3, -0.25) is 4.79 Å². The van der Waals surface area contributed by atoms with Crippen LogP contribution in [0.3, 0.4) is 0 Å². The number of rotatable bonds is 3. The molecule has 1 aliphatic carbocycles. The van der Waals surface area contributed by atoms with E-state index in [2.05, 4.69) is 13.8 Å². The van der Waals surface area contributed by atoms with Crippen molar-refractivity contribution in [3.8, 4) is 0 Å². The van der Waals surface area contributed by atoms with Crippen molar-refractivity contribution in [3.63, 3.8) is 0 Å². The molecule has 2 fully saturated rings. The number of ether oxygens (including phenoxy) is 2. The predicted molar refractivity (Wildman–Crippen MR) is 64.5 cm³/mol. The first-order valence-corrected chi connectivity index (χ1v) is 7.26. The molecule has 3 nitrogen and oxygen atoms in total. The number of carbonyl (C=O) groups excluding carboxylic acids is 1. The first-order chi connectivity index (χ1) is 7.57. The number of fused-ring (bicyclic) bond motifs is 1. The third-order valence-electron chi connectivity index (χ3n) is 3.74. The van der Waals surface area contributed by atoms with Crippen LogP contribution in [-0.4, -0.2) is 36.8 Å². The van der Waals surface area contributed by atoms with E-state index >= 15 is 0 Å². The van der Waals surface area contributed by atoms with Gasteiger partial charge in [0.2, 0.25) is 0 Å². The second kappa shape index (κ2) is 4.57. The molecule has 0 radical (unpaired) electrons. The molecule has 16 heavy (non-hydrogen) atoms. The molecule has 0 spiro atoms. The molecule has 0 bridgehead atoms. The van der Waals surface area contributed by atoms with Crippen LogP contribution in [0.4, 0.5) is 0 Å². The van der Waals surface area contributed by atoms with Crippen molar-refractivity contribution in [2.45, 2.75) is 38.9 Å². The molecule has 2 rings (SSSR count). The van der Waals surface area contributed by atoms with E-state index in [1.807, 2.05) is 6.26 Å². The van der Waals surface area contributed by atoms with Crippen molar-refractivity contribution in [2.24, 2.45) is 11.3 Å². The maximum absolute atomic E-state index is 11.5. The summed E-state index contributed by atoms with van der Waals surface area (Å²) in [5.74, 6) is 0.786. The van der Waals surface area contributed by atoms with E-state index in [-0.39, 0.29) is 23.6 Å². The molecule has 1 saturated carbocycles. The Morgan fingerprint density at radius 3 is 3.00 bits per heavy atom. The summed E-state index contributed by atoms with van der Waals surface area (Å²) >= 11 is 1.51. The van der Waals surface area contributed by atoms with Gasteiger partial charge in [-0.05, 0) is 19.1 Å². The van der Waals surface area contributed by atoms with Gasteiger partial charge < -0.3 is 9.47 Å². The molecule has 0 unspecified atom stereocenters. The topological polar surface area (TPSA) is 35.5 Å². The monoisotopic (exact) mass is 244 g/mol. The lowest BCUT2D eigenvalue weighted by Crippen LogP contribution is -2.65. The highest BCUT2D eigenvalue weighted by atomic mass is 32.2. The van der Waals surface area contributed by atoms with Crippen LogP contribution in [0.5, 0.6) is 0 Å². The standard InChI is InChI=1S/C12H20O3S/c1-12(2)10-8(5-4-6-14-10)11(12)15-9(13)7-16-3/h8,10-11H,4-7H2,1-3H3/t8-,10-,11-/m1/s1. The van der Waals surface area contributed by atoms with E-state index in [0.29, 0.717) is 11.7 Å². The molecule has 1 saturated heterocycles. The van der Waals surface area contributed by atoms with Crippen LogP contribution in [0.15, 0.2) is 0 Å². The van der Waals surface area contributed by atoms with Crippen LogP contribution in [0.2, 0.25) is 0 Å². The molecule has 0 amide bonds. The van der Waals surface area contributed by atoms with Crippen LogP contribution in [-0.2, 0) is 14.3 Å². The van der Waals surface area contributed by atoms with E-state index in [9.17, 15) is 4.79 Å². The van der Waals surface area contributed by atoms with E-state index < -0.39 is 0 Å². The van der Waals surface area contributed by atoms with Gasteiger partial charge in [0.1, 0.15) is 6.10 Å². The van der Waals surface area contributed by atoms with Gasteiger partial charge in [-0.2, -0.15) is 11.8 Å². The first kappa shape index (κ1) is 12.2. The van der Waals surface area contributed by atoms with Crippen molar-refractivity contribution in [1.82, 2.24) is 0 Å². The highest BCUT2D eigenvalue weighted by molar-refractivity contribution is 7.99. The Morgan fingerprint density at radius 1 is 1.56 bits per heavy atom. The van der Waals surface area contributed by atoms with Crippen LogP contribution >= 0.6 is 11.8 Å². The largest absolute Gasteiger partial charge is 0.461 e. The Morgan fingerprint density at radius 2 is 2.31 bits per heavy atom. The van der Waals surface area contributed by atoms with Crippen molar-refractivity contribution >= 4 is 17.7 Å². The van der Waals surface area contributed by atoms with Gasteiger partial charge in [-0.1, -0.05) is 13.8 Å². The Bertz CT molecular complexity index is 277. The zero-order chi connectivity index (χ0) is 11.8.